The zero-order chi connectivity index (χ0) is 16.4. The van der Waals surface area contributed by atoms with E-state index in [1.807, 2.05) is 60.9 Å². The standard InChI is InChI=1S/C17H22N4O2/c1-12-9-13(18-2)10-14(19-12)16-11-21(7-8-23-16)17(22)15-5-4-6-20(15)3/h4-6,9-10,16H,7-8,11H2,1-3H3,(H,18,19)/t16-/m1/s1. The molecule has 1 aliphatic rings. The van der Waals surface area contributed by atoms with E-state index in [9.17, 15) is 4.79 Å². The summed E-state index contributed by atoms with van der Waals surface area (Å²) >= 11 is 0. The van der Waals surface area contributed by atoms with E-state index in [4.69, 9.17) is 4.74 Å². The molecule has 122 valence electrons. The van der Waals surface area contributed by atoms with Crippen molar-refractivity contribution in [3.05, 3.63) is 47.5 Å². The van der Waals surface area contributed by atoms with Crippen molar-refractivity contribution in [1.29, 1.82) is 0 Å². The molecule has 0 radical (unpaired) electrons. The van der Waals surface area contributed by atoms with Crippen LogP contribution in [0.4, 0.5) is 5.69 Å². The molecule has 23 heavy (non-hydrogen) atoms. The molecule has 2 aromatic heterocycles. The summed E-state index contributed by atoms with van der Waals surface area (Å²) in [5.41, 5.74) is 3.49. The maximum Gasteiger partial charge on any atom is 0.270 e. The van der Waals surface area contributed by atoms with Gasteiger partial charge >= 0.3 is 0 Å². The van der Waals surface area contributed by atoms with Gasteiger partial charge in [-0.25, -0.2) is 0 Å². The minimum absolute atomic E-state index is 0.0345. The number of nitrogens with one attached hydrogen (secondary N) is 1. The highest BCUT2D eigenvalue weighted by Crippen LogP contribution is 2.24. The predicted octanol–water partition coefficient (Wildman–Crippen LogP) is 1.98. The number of aromatic nitrogens is 2. The molecule has 0 bridgehead atoms. The lowest BCUT2D eigenvalue weighted by molar-refractivity contribution is -0.0250. The molecule has 0 unspecified atom stereocenters. The third-order valence-corrected chi connectivity index (χ3v) is 4.11. The summed E-state index contributed by atoms with van der Waals surface area (Å²) in [7, 11) is 3.76. The molecule has 3 rings (SSSR count). The molecule has 0 saturated carbocycles. The van der Waals surface area contributed by atoms with Crippen LogP contribution in [0.2, 0.25) is 0 Å². The Hall–Kier alpha value is -2.34. The molecule has 6 heteroatoms. The number of amides is 1. The smallest absolute Gasteiger partial charge is 0.270 e. The van der Waals surface area contributed by atoms with Crippen LogP contribution < -0.4 is 5.32 Å². The highest BCUT2D eigenvalue weighted by atomic mass is 16.5. The fourth-order valence-electron chi connectivity index (χ4n) is 2.86. The van der Waals surface area contributed by atoms with Crippen LogP contribution in [-0.2, 0) is 11.8 Å². The first kappa shape index (κ1) is 15.6. The number of hydrogen-bond acceptors (Lipinski definition) is 4. The van der Waals surface area contributed by atoms with Gasteiger partial charge in [0.2, 0.25) is 0 Å². The number of nitrogens with zero attached hydrogens (tertiary/aromatic N) is 3. The summed E-state index contributed by atoms with van der Waals surface area (Å²) in [6, 6.07) is 7.69. The van der Waals surface area contributed by atoms with Crippen LogP contribution in [0.15, 0.2) is 30.5 Å². The Bertz CT molecular complexity index is 710. The van der Waals surface area contributed by atoms with Crippen molar-refractivity contribution in [3.8, 4) is 0 Å². The number of rotatable bonds is 3. The second kappa shape index (κ2) is 6.42. The lowest BCUT2D eigenvalue weighted by Gasteiger charge is -2.33. The highest BCUT2D eigenvalue weighted by molar-refractivity contribution is 5.92. The topological polar surface area (TPSA) is 59.4 Å². The van der Waals surface area contributed by atoms with E-state index in [2.05, 4.69) is 10.3 Å². The van der Waals surface area contributed by atoms with E-state index >= 15 is 0 Å². The molecular formula is C17H22N4O2. The molecule has 0 aliphatic carbocycles. The molecule has 3 heterocycles. The average Bonchev–Trinajstić information content (AvgIpc) is 2.99. The Morgan fingerprint density at radius 1 is 1.43 bits per heavy atom. The number of morpholine rings is 1. The maximum absolute atomic E-state index is 12.7. The van der Waals surface area contributed by atoms with E-state index in [0.29, 0.717) is 25.4 Å². The monoisotopic (exact) mass is 314 g/mol. The van der Waals surface area contributed by atoms with Gasteiger partial charge in [0, 0.05) is 38.2 Å². The lowest BCUT2D eigenvalue weighted by atomic mass is 10.1. The molecule has 0 spiro atoms. The zero-order valence-corrected chi connectivity index (χ0v) is 13.7. The van der Waals surface area contributed by atoms with Gasteiger partial charge in [-0.05, 0) is 31.2 Å². The molecular weight excluding hydrogens is 292 g/mol. The first-order valence-corrected chi connectivity index (χ1v) is 7.77. The molecule has 1 amide bonds. The van der Waals surface area contributed by atoms with Gasteiger partial charge in [0.25, 0.3) is 5.91 Å². The summed E-state index contributed by atoms with van der Waals surface area (Å²) in [5.74, 6) is 0.0345. The largest absolute Gasteiger partial charge is 0.388 e. The van der Waals surface area contributed by atoms with Gasteiger partial charge < -0.3 is 19.5 Å². The maximum atomic E-state index is 12.7. The van der Waals surface area contributed by atoms with Gasteiger partial charge in [-0.1, -0.05) is 0 Å². The zero-order valence-electron chi connectivity index (χ0n) is 13.7. The number of aryl methyl sites for hydroxylation is 2. The number of anilines is 1. The minimum atomic E-state index is -0.194. The molecule has 2 aromatic rings. The Morgan fingerprint density at radius 3 is 2.96 bits per heavy atom. The molecule has 1 aliphatic heterocycles. The summed E-state index contributed by atoms with van der Waals surface area (Å²) in [5, 5.41) is 3.13. The Labute approximate surface area is 136 Å². The SMILES string of the molecule is CNc1cc(C)nc([C@H]2CN(C(=O)c3cccn3C)CCO2)c1. The van der Waals surface area contributed by atoms with E-state index < -0.39 is 0 Å². The second-order valence-electron chi connectivity index (χ2n) is 5.79. The summed E-state index contributed by atoms with van der Waals surface area (Å²) in [6.07, 6.45) is 1.69. The first-order valence-electron chi connectivity index (χ1n) is 7.77. The van der Waals surface area contributed by atoms with Crippen molar-refractivity contribution in [2.24, 2.45) is 7.05 Å². The van der Waals surface area contributed by atoms with Gasteiger partial charge in [0.15, 0.2) is 0 Å². The lowest BCUT2D eigenvalue weighted by Crippen LogP contribution is -2.43. The fourth-order valence-corrected chi connectivity index (χ4v) is 2.86. The average molecular weight is 314 g/mol. The molecule has 6 nitrogen and oxygen atoms in total. The van der Waals surface area contributed by atoms with Crippen LogP contribution in [0.3, 0.4) is 0 Å². The van der Waals surface area contributed by atoms with Crippen LogP contribution in [0.1, 0.15) is 28.0 Å². The third kappa shape index (κ3) is 3.22. The predicted molar refractivity (Wildman–Crippen MR) is 88.5 cm³/mol. The van der Waals surface area contributed by atoms with Crippen LogP contribution in [0, 0.1) is 6.92 Å². The van der Waals surface area contributed by atoms with E-state index in [1.165, 1.54) is 0 Å². The summed E-state index contributed by atoms with van der Waals surface area (Å²) < 4.78 is 7.70. The molecule has 1 N–H and O–H groups in total. The quantitative estimate of drug-likeness (QED) is 0.941. The van der Waals surface area contributed by atoms with E-state index in [-0.39, 0.29) is 12.0 Å². The van der Waals surface area contributed by atoms with Gasteiger partial charge in [0.05, 0.1) is 18.8 Å². The van der Waals surface area contributed by atoms with Crippen molar-refractivity contribution in [2.75, 3.05) is 32.1 Å². The van der Waals surface area contributed by atoms with Crippen LogP contribution in [0.5, 0.6) is 0 Å². The number of carbonyl (C=O) groups is 1. The highest BCUT2D eigenvalue weighted by Gasteiger charge is 2.28. The number of hydrogen-bond donors (Lipinski definition) is 1. The van der Waals surface area contributed by atoms with Crippen LogP contribution in [-0.4, -0.2) is 47.1 Å². The molecule has 1 atom stereocenters. The summed E-state index contributed by atoms with van der Waals surface area (Å²) in [6.45, 7) is 3.60. The van der Waals surface area contributed by atoms with Crippen molar-refractivity contribution in [2.45, 2.75) is 13.0 Å². The number of carbonyl (C=O) groups excluding carboxylic acids is 1. The molecule has 1 saturated heterocycles. The Morgan fingerprint density at radius 2 is 2.26 bits per heavy atom. The molecule has 0 aromatic carbocycles. The van der Waals surface area contributed by atoms with Crippen molar-refractivity contribution in [1.82, 2.24) is 14.5 Å². The van der Waals surface area contributed by atoms with E-state index in [1.54, 1.807) is 0 Å². The Kier molecular flexibility index (Phi) is 4.34. The summed E-state index contributed by atoms with van der Waals surface area (Å²) in [4.78, 5) is 19.1. The van der Waals surface area contributed by atoms with Crippen LogP contribution >= 0.6 is 0 Å². The fraction of sp³-hybridized carbons (Fsp3) is 0.412. The van der Waals surface area contributed by atoms with Gasteiger partial charge in [0.1, 0.15) is 11.8 Å². The van der Waals surface area contributed by atoms with Crippen molar-refractivity contribution in [3.63, 3.8) is 0 Å². The first-order chi connectivity index (χ1) is 11.1. The minimum Gasteiger partial charge on any atom is -0.388 e. The second-order valence-corrected chi connectivity index (χ2v) is 5.79. The Balaban J connectivity index is 1.80. The van der Waals surface area contributed by atoms with Gasteiger partial charge in [-0.3, -0.25) is 9.78 Å². The number of pyridine rings is 1. The number of ether oxygens (including phenoxy) is 1. The van der Waals surface area contributed by atoms with Gasteiger partial charge in [-0.2, -0.15) is 0 Å². The third-order valence-electron chi connectivity index (χ3n) is 4.11. The normalized spacial score (nSPS) is 18.0. The van der Waals surface area contributed by atoms with Gasteiger partial charge in [-0.15, -0.1) is 0 Å². The van der Waals surface area contributed by atoms with E-state index in [0.717, 1.165) is 17.1 Å². The van der Waals surface area contributed by atoms with Crippen LogP contribution in [0.25, 0.3) is 0 Å². The van der Waals surface area contributed by atoms with Crippen molar-refractivity contribution < 1.29 is 9.53 Å². The van der Waals surface area contributed by atoms with Crippen molar-refractivity contribution >= 4 is 11.6 Å². The molecule has 1 fully saturated rings.